The molecule has 0 radical (unpaired) electrons. The first-order chi connectivity index (χ1) is 11.8. The SMILES string of the molecule is COc1cc(/C=C2\SC(=O)N(CC(N)=O)C2=O)ccc1OCC(=O)O. The lowest BCUT2D eigenvalue weighted by Gasteiger charge is -2.10. The first-order valence-electron chi connectivity index (χ1n) is 6.88. The minimum Gasteiger partial charge on any atom is -0.493 e. The van der Waals surface area contributed by atoms with Crippen LogP contribution < -0.4 is 15.2 Å². The van der Waals surface area contributed by atoms with Gasteiger partial charge >= 0.3 is 5.97 Å². The van der Waals surface area contributed by atoms with Gasteiger partial charge in [0.15, 0.2) is 18.1 Å². The number of nitrogens with two attached hydrogens (primary N) is 1. The van der Waals surface area contributed by atoms with Crippen molar-refractivity contribution in [3.05, 3.63) is 28.7 Å². The number of carbonyl (C=O) groups is 4. The Morgan fingerprint density at radius 1 is 1.32 bits per heavy atom. The van der Waals surface area contributed by atoms with E-state index in [0.29, 0.717) is 17.3 Å². The van der Waals surface area contributed by atoms with Gasteiger partial charge in [-0.25, -0.2) is 4.79 Å². The van der Waals surface area contributed by atoms with Crippen molar-refractivity contribution < 1.29 is 33.8 Å². The number of nitrogens with zero attached hydrogens (tertiary/aromatic N) is 1. The van der Waals surface area contributed by atoms with Gasteiger partial charge in [0.05, 0.1) is 12.0 Å². The monoisotopic (exact) mass is 366 g/mol. The topological polar surface area (TPSA) is 136 Å². The van der Waals surface area contributed by atoms with Gasteiger partial charge in [-0.3, -0.25) is 19.3 Å². The highest BCUT2D eigenvalue weighted by Crippen LogP contribution is 2.34. The van der Waals surface area contributed by atoms with Crippen LogP contribution in [0.25, 0.3) is 6.08 Å². The second-order valence-corrected chi connectivity index (χ2v) is 5.82. The van der Waals surface area contributed by atoms with E-state index in [1.165, 1.54) is 25.3 Å². The summed E-state index contributed by atoms with van der Waals surface area (Å²) in [6.07, 6.45) is 1.45. The third-order valence-corrected chi connectivity index (χ3v) is 3.93. The number of thioether (sulfide) groups is 1. The maximum atomic E-state index is 12.1. The predicted octanol–water partition coefficient (Wildman–Crippen LogP) is 0.680. The highest BCUT2D eigenvalue weighted by atomic mass is 32.2. The molecule has 0 atom stereocenters. The van der Waals surface area contributed by atoms with E-state index in [4.69, 9.17) is 20.3 Å². The van der Waals surface area contributed by atoms with Crippen LogP contribution in [0.1, 0.15) is 5.56 Å². The average molecular weight is 366 g/mol. The Morgan fingerprint density at radius 3 is 2.64 bits per heavy atom. The lowest BCUT2D eigenvalue weighted by molar-refractivity contribution is -0.139. The van der Waals surface area contributed by atoms with Gasteiger partial charge < -0.3 is 20.3 Å². The van der Waals surface area contributed by atoms with E-state index in [2.05, 4.69) is 0 Å². The molecule has 0 unspecified atom stereocenters. The zero-order valence-electron chi connectivity index (χ0n) is 13.1. The first kappa shape index (κ1) is 18.3. The lowest BCUT2D eigenvalue weighted by Crippen LogP contribution is -2.36. The van der Waals surface area contributed by atoms with Crippen LogP contribution in [-0.4, -0.2) is 53.3 Å². The van der Waals surface area contributed by atoms with E-state index in [0.717, 1.165) is 4.90 Å². The smallest absolute Gasteiger partial charge is 0.341 e. The summed E-state index contributed by atoms with van der Waals surface area (Å²) in [5.41, 5.74) is 5.54. The van der Waals surface area contributed by atoms with Crippen LogP contribution >= 0.6 is 11.8 Å². The Hall–Kier alpha value is -3.01. The van der Waals surface area contributed by atoms with Crippen molar-refractivity contribution in [1.29, 1.82) is 0 Å². The molecular formula is C15H14N2O7S. The summed E-state index contributed by atoms with van der Waals surface area (Å²) in [6.45, 7) is -1.00. The van der Waals surface area contributed by atoms with Gasteiger partial charge in [0.2, 0.25) is 5.91 Å². The number of hydrogen-bond donors (Lipinski definition) is 2. The summed E-state index contributed by atoms with van der Waals surface area (Å²) in [5.74, 6) is -2.03. The number of rotatable bonds is 7. The van der Waals surface area contributed by atoms with E-state index in [1.807, 2.05) is 0 Å². The number of carbonyl (C=O) groups excluding carboxylic acids is 3. The Balaban J connectivity index is 2.23. The summed E-state index contributed by atoms with van der Waals surface area (Å²) in [5, 5.41) is 8.06. The molecule has 1 aromatic carbocycles. The number of hydrogen-bond acceptors (Lipinski definition) is 7. The summed E-state index contributed by atoms with van der Waals surface area (Å²) < 4.78 is 10.2. The Labute approximate surface area is 146 Å². The number of amides is 3. The van der Waals surface area contributed by atoms with Crippen LogP contribution in [0, 0.1) is 0 Å². The molecule has 3 N–H and O–H groups in total. The van der Waals surface area contributed by atoms with Crippen molar-refractivity contribution in [3.63, 3.8) is 0 Å². The van der Waals surface area contributed by atoms with Crippen molar-refractivity contribution in [3.8, 4) is 11.5 Å². The van der Waals surface area contributed by atoms with Crippen molar-refractivity contribution in [2.24, 2.45) is 5.73 Å². The Bertz CT molecular complexity index is 775. The maximum Gasteiger partial charge on any atom is 0.341 e. The van der Waals surface area contributed by atoms with Gasteiger partial charge in [0.25, 0.3) is 11.1 Å². The second-order valence-electron chi connectivity index (χ2n) is 4.83. The molecule has 25 heavy (non-hydrogen) atoms. The lowest BCUT2D eigenvalue weighted by atomic mass is 10.2. The zero-order chi connectivity index (χ0) is 18.6. The number of benzene rings is 1. The second kappa shape index (κ2) is 7.71. The van der Waals surface area contributed by atoms with Crippen molar-refractivity contribution >= 4 is 40.9 Å². The molecule has 1 aliphatic rings. The van der Waals surface area contributed by atoms with E-state index in [1.54, 1.807) is 6.07 Å². The molecule has 0 aromatic heterocycles. The molecule has 0 bridgehead atoms. The number of imide groups is 1. The quantitative estimate of drug-likeness (QED) is 0.672. The molecule has 0 aliphatic carbocycles. The van der Waals surface area contributed by atoms with Gasteiger partial charge in [0, 0.05) is 0 Å². The van der Waals surface area contributed by atoms with E-state index in [-0.39, 0.29) is 16.4 Å². The molecular weight excluding hydrogens is 352 g/mol. The highest BCUT2D eigenvalue weighted by Gasteiger charge is 2.35. The average Bonchev–Trinajstić information content (AvgIpc) is 2.80. The van der Waals surface area contributed by atoms with Gasteiger partial charge in [-0.05, 0) is 35.5 Å². The van der Waals surface area contributed by atoms with Crippen LogP contribution in [0.2, 0.25) is 0 Å². The standard InChI is InChI=1S/C15H14N2O7S/c1-23-10-4-8(2-3-9(10)24-7-13(19)20)5-11-14(21)17(6-12(16)18)15(22)25-11/h2-5H,6-7H2,1H3,(H2,16,18)(H,19,20)/b11-5-. The molecule has 9 nitrogen and oxygen atoms in total. The van der Waals surface area contributed by atoms with Crippen LogP contribution in [-0.2, 0) is 14.4 Å². The number of aliphatic carboxylic acids is 1. The van der Waals surface area contributed by atoms with Gasteiger partial charge in [-0.1, -0.05) is 6.07 Å². The molecule has 1 heterocycles. The van der Waals surface area contributed by atoms with Crippen molar-refractivity contribution in [2.75, 3.05) is 20.3 Å². The van der Waals surface area contributed by atoms with Crippen molar-refractivity contribution in [1.82, 2.24) is 4.90 Å². The maximum absolute atomic E-state index is 12.1. The summed E-state index contributed by atoms with van der Waals surface area (Å²) in [6, 6.07) is 4.59. The fourth-order valence-corrected chi connectivity index (χ4v) is 2.81. The van der Waals surface area contributed by atoms with Crippen LogP contribution in [0.4, 0.5) is 4.79 Å². The fraction of sp³-hybridized carbons (Fsp3) is 0.200. The zero-order valence-corrected chi connectivity index (χ0v) is 13.9. The highest BCUT2D eigenvalue weighted by molar-refractivity contribution is 8.18. The summed E-state index contributed by atoms with van der Waals surface area (Å²) >= 11 is 0.691. The van der Waals surface area contributed by atoms with Gasteiger partial charge in [-0.15, -0.1) is 0 Å². The van der Waals surface area contributed by atoms with Crippen LogP contribution in [0.3, 0.4) is 0 Å². The molecule has 0 saturated carbocycles. The number of carboxylic acid groups (broad SMARTS) is 1. The minimum absolute atomic E-state index is 0.132. The number of methoxy groups -OCH3 is 1. The number of primary amides is 1. The molecule has 10 heteroatoms. The van der Waals surface area contributed by atoms with E-state index in [9.17, 15) is 19.2 Å². The molecule has 1 aliphatic heterocycles. The van der Waals surface area contributed by atoms with E-state index >= 15 is 0 Å². The van der Waals surface area contributed by atoms with Crippen molar-refractivity contribution in [2.45, 2.75) is 0 Å². The minimum atomic E-state index is -1.13. The third kappa shape index (κ3) is 4.51. The summed E-state index contributed by atoms with van der Waals surface area (Å²) in [7, 11) is 1.38. The summed E-state index contributed by atoms with van der Waals surface area (Å²) in [4.78, 5) is 46.3. The normalized spacial score (nSPS) is 15.6. The molecule has 1 saturated heterocycles. The van der Waals surface area contributed by atoms with Gasteiger partial charge in [-0.2, -0.15) is 0 Å². The largest absolute Gasteiger partial charge is 0.493 e. The Kier molecular flexibility index (Phi) is 5.65. The Morgan fingerprint density at radius 2 is 2.04 bits per heavy atom. The molecule has 3 amide bonds. The molecule has 2 rings (SSSR count). The molecule has 0 spiro atoms. The van der Waals surface area contributed by atoms with Crippen LogP contribution in [0.5, 0.6) is 11.5 Å². The molecule has 1 fully saturated rings. The van der Waals surface area contributed by atoms with Crippen LogP contribution in [0.15, 0.2) is 23.1 Å². The first-order valence-corrected chi connectivity index (χ1v) is 7.69. The predicted molar refractivity (Wildman–Crippen MR) is 88.0 cm³/mol. The number of carboxylic acids is 1. The van der Waals surface area contributed by atoms with Gasteiger partial charge in [0.1, 0.15) is 6.54 Å². The fourth-order valence-electron chi connectivity index (χ4n) is 1.98. The third-order valence-electron chi connectivity index (χ3n) is 3.02. The molecule has 1 aromatic rings. The number of ether oxygens (including phenoxy) is 2. The van der Waals surface area contributed by atoms with E-state index < -0.39 is 36.2 Å². The molecule has 132 valence electrons.